The summed E-state index contributed by atoms with van der Waals surface area (Å²) in [6.07, 6.45) is 1.49. The zero-order chi connectivity index (χ0) is 18.2. The van der Waals surface area contributed by atoms with Gasteiger partial charge in [-0.25, -0.2) is 0 Å². The Balaban J connectivity index is 1.43. The van der Waals surface area contributed by atoms with Crippen molar-refractivity contribution >= 4 is 38.2 Å². The van der Waals surface area contributed by atoms with Crippen LogP contribution in [0.4, 0.5) is 0 Å². The van der Waals surface area contributed by atoms with E-state index in [4.69, 9.17) is 4.42 Å². The minimum Gasteiger partial charge on any atom is -0.459 e. The van der Waals surface area contributed by atoms with E-state index in [0.29, 0.717) is 12.3 Å². The van der Waals surface area contributed by atoms with Gasteiger partial charge in [0, 0.05) is 15.8 Å². The highest BCUT2D eigenvalue weighted by Gasteiger charge is 2.14. The van der Waals surface area contributed by atoms with Crippen LogP contribution in [0.3, 0.4) is 0 Å². The number of hydrogen-bond acceptors (Lipinski definition) is 4. The molecule has 3 heterocycles. The molecule has 0 fully saturated rings. The first-order chi connectivity index (χ1) is 13.3. The van der Waals surface area contributed by atoms with Crippen LogP contribution in [-0.4, -0.2) is 16.1 Å². The molecule has 5 nitrogen and oxygen atoms in total. The summed E-state index contributed by atoms with van der Waals surface area (Å²) in [6, 6.07) is 20.1. The molecule has 6 heteroatoms. The smallest absolute Gasteiger partial charge is 0.287 e. The number of hydrogen-bond donors (Lipinski definition) is 2. The number of amides is 1. The van der Waals surface area contributed by atoms with Gasteiger partial charge in [-0.15, -0.1) is 11.3 Å². The molecule has 0 saturated heterocycles. The molecular formula is C21H15N3O2S. The number of carbonyl (C=O) groups is 1. The molecule has 2 N–H and O–H groups in total. The molecule has 5 aromatic rings. The number of nitrogens with zero attached hydrogens (tertiary/aromatic N) is 1. The van der Waals surface area contributed by atoms with E-state index < -0.39 is 0 Å². The van der Waals surface area contributed by atoms with Gasteiger partial charge in [0.25, 0.3) is 5.91 Å². The number of aromatic amines is 1. The lowest BCUT2D eigenvalue weighted by molar-refractivity contribution is 0.0923. The highest BCUT2D eigenvalue weighted by Crippen LogP contribution is 2.33. The molecule has 0 atom stereocenters. The van der Waals surface area contributed by atoms with Crippen LogP contribution < -0.4 is 5.32 Å². The summed E-state index contributed by atoms with van der Waals surface area (Å²) in [5, 5.41) is 13.9. The van der Waals surface area contributed by atoms with Gasteiger partial charge in [0.15, 0.2) is 5.76 Å². The Morgan fingerprint density at radius 2 is 1.96 bits per heavy atom. The van der Waals surface area contributed by atoms with Crippen LogP contribution in [0.1, 0.15) is 15.4 Å². The van der Waals surface area contributed by atoms with Gasteiger partial charge in [-0.3, -0.25) is 9.89 Å². The molecule has 1 amide bonds. The van der Waals surface area contributed by atoms with Crippen LogP contribution in [0.15, 0.2) is 71.3 Å². The number of nitrogens with one attached hydrogen (secondary N) is 2. The predicted molar refractivity (Wildman–Crippen MR) is 107 cm³/mol. The molecule has 27 heavy (non-hydrogen) atoms. The Labute approximate surface area is 158 Å². The molecule has 0 aliphatic rings. The van der Waals surface area contributed by atoms with Gasteiger partial charge in [-0.2, -0.15) is 5.10 Å². The molecule has 132 valence electrons. The van der Waals surface area contributed by atoms with E-state index in [2.05, 4.69) is 51.9 Å². The van der Waals surface area contributed by atoms with Crippen LogP contribution in [0.25, 0.3) is 32.2 Å². The summed E-state index contributed by atoms with van der Waals surface area (Å²) in [5.74, 6) is 0.0937. The average molecular weight is 373 g/mol. The van der Waals surface area contributed by atoms with Crippen LogP contribution >= 0.6 is 11.3 Å². The average Bonchev–Trinajstić information content (AvgIpc) is 3.42. The number of carbonyl (C=O) groups excluding carboxylic acids is 1. The largest absolute Gasteiger partial charge is 0.459 e. The lowest BCUT2D eigenvalue weighted by Crippen LogP contribution is -2.21. The van der Waals surface area contributed by atoms with Crippen LogP contribution in [-0.2, 0) is 6.54 Å². The number of aromatic nitrogens is 2. The monoisotopic (exact) mass is 373 g/mol. The molecule has 0 unspecified atom stereocenters. The summed E-state index contributed by atoms with van der Waals surface area (Å²) >= 11 is 1.57. The molecule has 0 spiro atoms. The van der Waals surface area contributed by atoms with Gasteiger partial charge in [0.1, 0.15) is 4.83 Å². The van der Waals surface area contributed by atoms with Crippen molar-refractivity contribution in [1.82, 2.24) is 15.5 Å². The van der Waals surface area contributed by atoms with E-state index >= 15 is 0 Å². The highest BCUT2D eigenvalue weighted by atomic mass is 32.1. The lowest BCUT2D eigenvalue weighted by atomic mass is 10.0. The first kappa shape index (κ1) is 15.8. The first-order valence-corrected chi connectivity index (χ1v) is 9.37. The number of benzene rings is 2. The number of furan rings is 1. The number of H-pyrrole nitrogens is 1. The quantitative estimate of drug-likeness (QED) is 0.467. The van der Waals surface area contributed by atoms with Gasteiger partial charge < -0.3 is 9.73 Å². The summed E-state index contributed by atoms with van der Waals surface area (Å²) in [5.41, 5.74) is 2.09. The van der Waals surface area contributed by atoms with Crippen LogP contribution in [0, 0.1) is 0 Å². The SMILES string of the molecule is O=C(NCc1cc2c(-c3ccc4ccccc4c3)[nH]nc2s1)c1ccco1. The fourth-order valence-corrected chi connectivity index (χ4v) is 4.11. The Morgan fingerprint density at radius 1 is 1.07 bits per heavy atom. The predicted octanol–water partition coefficient (Wildman–Crippen LogP) is 4.97. The van der Waals surface area contributed by atoms with E-state index in [9.17, 15) is 4.79 Å². The third kappa shape index (κ3) is 2.90. The normalized spacial score (nSPS) is 11.3. The van der Waals surface area contributed by atoms with Gasteiger partial charge in [0.2, 0.25) is 0 Å². The molecule has 0 bridgehead atoms. The van der Waals surface area contributed by atoms with E-state index in [-0.39, 0.29) is 5.91 Å². The fourth-order valence-electron chi connectivity index (χ4n) is 3.17. The Kier molecular flexibility index (Phi) is 3.76. The van der Waals surface area contributed by atoms with E-state index in [1.54, 1.807) is 23.5 Å². The van der Waals surface area contributed by atoms with E-state index in [0.717, 1.165) is 26.4 Å². The molecule has 3 aromatic heterocycles. The number of fused-ring (bicyclic) bond motifs is 2. The third-order valence-electron chi connectivity index (χ3n) is 4.51. The molecule has 2 aromatic carbocycles. The topological polar surface area (TPSA) is 70.9 Å². The molecule has 0 aliphatic heterocycles. The van der Waals surface area contributed by atoms with Crippen molar-refractivity contribution in [2.75, 3.05) is 0 Å². The van der Waals surface area contributed by atoms with Gasteiger partial charge in [-0.05, 0) is 35.0 Å². The van der Waals surface area contributed by atoms with Gasteiger partial charge >= 0.3 is 0 Å². The van der Waals surface area contributed by atoms with Crippen molar-refractivity contribution in [2.24, 2.45) is 0 Å². The third-order valence-corrected chi connectivity index (χ3v) is 5.54. The summed E-state index contributed by atoms with van der Waals surface area (Å²) < 4.78 is 5.11. The maximum Gasteiger partial charge on any atom is 0.287 e. The van der Waals surface area contributed by atoms with E-state index in [1.807, 2.05) is 12.1 Å². The molecular weight excluding hydrogens is 358 g/mol. The number of rotatable bonds is 4. The minimum atomic E-state index is -0.220. The maximum absolute atomic E-state index is 12.0. The second-order valence-electron chi connectivity index (χ2n) is 6.25. The van der Waals surface area contributed by atoms with Crippen molar-refractivity contribution in [3.8, 4) is 11.3 Å². The van der Waals surface area contributed by atoms with Gasteiger partial charge in [-0.1, -0.05) is 36.4 Å². The Bertz CT molecular complexity index is 1250. The van der Waals surface area contributed by atoms with Crippen molar-refractivity contribution in [2.45, 2.75) is 6.54 Å². The maximum atomic E-state index is 12.0. The minimum absolute atomic E-state index is 0.220. The van der Waals surface area contributed by atoms with Crippen molar-refractivity contribution < 1.29 is 9.21 Å². The summed E-state index contributed by atoms with van der Waals surface area (Å²) in [7, 11) is 0. The lowest BCUT2D eigenvalue weighted by Gasteiger charge is -2.02. The highest BCUT2D eigenvalue weighted by molar-refractivity contribution is 7.18. The fraction of sp³-hybridized carbons (Fsp3) is 0.0476. The van der Waals surface area contributed by atoms with Crippen molar-refractivity contribution in [3.63, 3.8) is 0 Å². The second kappa shape index (κ2) is 6.41. The Hall–Kier alpha value is -3.38. The summed E-state index contributed by atoms with van der Waals surface area (Å²) in [6.45, 7) is 0.442. The van der Waals surface area contributed by atoms with Crippen LogP contribution in [0.5, 0.6) is 0 Å². The zero-order valence-electron chi connectivity index (χ0n) is 14.2. The molecule has 0 radical (unpaired) electrons. The molecule has 5 rings (SSSR count). The second-order valence-corrected chi connectivity index (χ2v) is 7.37. The van der Waals surface area contributed by atoms with Crippen molar-refractivity contribution in [3.05, 3.63) is 77.6 Å². The van der Waals surface area contributed by atoms with Gasteiger partial charge in [0.05, 0.1) is 18.5 Å². The number of thiophene rings is 1. The van der Waals surface area contributed by atoms with Crippen LogP contribution in [0.2, 0.25) is 0 Å². The molecule has 0 aliphatic carbocycles. The van der Waals surface area contributed by atoms with E-state index in [1.165, 1.54) is 17.0 Å². The summed E-state index contributed by atoms with van der Waals surface area (Å²) in [4.78, 5) is 14.0. The van der Waals surface area contributed by atoms with Crippen molar-refractivity contribution in [1.29, 1.82) is 0 Å². The first-order valence-electron chi connectivity index (χ1n) is 8.55. The zero-order valence-corrected chi connectivity index (χ0v) is 15.0. The Morgan fingerprint density at radius 3 is 2.81 bits per heavy atom. The standard InChI is InChI=1S/C21H15N3O2S/c25-20(18-6-3-9-26-18)22-12-16-11-17-19(23-24-21(17)27-16)15-8-7-13-4-1-2-5-14(13)10-15/h1-11H,12H2,(H,22,25)(H,23,24). The molecule has 0 saturated carbocycles.